The summed E-state index contributed by atoms with van der Waals surface area (Å²) in [6.07, 6.45) is 2.31. The lowest BCUT2D eigenvalue weighted by Crippen LogP contribution is -2.37. The van der Waals surface area contributed by atoms with Crippen molar-refractivity contribution in [3.8, 4) is 0 Å². The van der Waals surface area contributed by atoms with Gasteiger partial charge in [0.2, 0.25) is 5.91 Å². The highest BCUT2D eigenvalue weighted by molar-refractivity contribution is 5.93. The fourth-order valence-electron chi connectivity index (χ4n) is 2.49. The number of carboxylic acids is 1. The summed E-state index contributed by atoms with van der Waals surface area (Å²) in [6.45, 7) is 3.49. The Labute approximate surface area is 122 Å². The summed E-state index contributed by atoms with van der Waals surface area (Å²) in [5.41, 5.74) is 0.369. The largest absolute Gasteiger partial charge is 0.480 e. The molecule has 1 aromatic rings. The number of carbonyl (C=O) groups is 3. The molecule has 0 aromatic carbocycles. The Kier molecular flexibility index (Phi) is 4.62. The fraction of sp³-hybridized carbons (Fsp3) is 0.500. The van der Waals surface area contributed by atoms with E-state index in [1.54, 1.807) is 28.1 Å². The van der Waals surface area contributed by atoms with Gasteiger partial charge in [0.15, 0.2) is 0 Å². The van der Waals surface area contributed by atoms with Gasteiger partial charge in [0.05, 0.1) is 0 Å². The Morgan fingerprint density at radius 2 is 1.81 bits per heavy atom. The second-order valence-electron chi connectivity index (χ2n) is 5.07. The van der Waals surface area contributed by atoms with Crippen molar-refractivity contribution >= 4 is 17.8 Å². The maximum Gasteiger partial charge on any atom is 0.323 e. The van der Waals surface area contributed by atoms with Gasteiger partial charge in [-0.15, -0.1) is 0 Å². The highest BCUT2D eigenvalue weighted by atomic mass is 16.4. The molecular formula is C14H19N3O4. The van der Waals surface area contributed by atoms with Crippen LogP contribution < -0.4 is 0 Å². The number of nitrogens with zero attached hydrogens (tertiary/aromatic N) is 3. The summed E-state index contributed by atoms with van der Waals surface area (Å²) in [4.78, 5) is 38.1. The van der Waals surface area contributed by atoms with Crippen LogP contribution in [0.3, 0.4) is 0 Å². The monoisotopic (exact) mass is 293 g/mol. The lowest BCUT2D eigenvalue weighted by molar-refractivity contribution is -0.137. The first-order valence-corrected chi connectivity index (χ1v) is 6.91. The molecule has 114 valence electrons. The summed E-state index contributed by atoms with van der Waals surface area (Å²) < 4.78 is 1.43. The molecule has 21 heavy (non-hydrogen) atoms. The molecule has 2 amide bonds. The smallest absolute Gasteiger partial charge is 0.323 e. The van der Waals surface area contributed by atoms with Gasteiger partial charge in [0, 0.05) is 39.3 Å². The second kappa shape index (κ2) is 6.43. The van der Waals surface area contributed by atoms with Crippen molar-refractivity contribution in [2.45, 2.75) is 19.9 Å². The summed E-state index contributed by atoms with van der Waals surface area (Å²) in [7, 11) is 0. The van der Waals surface area contributed by atoms with E-state index in [4.69, 9.17) is 5.11 Å². The van der Waals surface area contributed by atoms with Crippen LogP contribution in [0.4, 0.5) is 0 Å². The van der Waals surface area contributed by atoms with Gasteiger partial charge in [-0.25, -0.2) is 0 Å². The molecule has 7 heteroatoms. The van der Waals surface area contributed by atoms with Crippen molar-refractivity contribution in [1.82, 2.24) is 14.4 Å². The third-order valence-electron chi connectivity index (χ3n) is 3.58. The molecule has 0 atom stereocenters. The number of carbonyl (C=O) groups excluding carboxylic acids is 2. The van der Waals surface area contributed by atoms with E-state index < -0.39 is 5.97 Å². The number of rotatable bonds is 3. The van der Waals surface area contributed by atoms with Crippen LogP contribution in [0.5, 0.6) is 0 Å². The lowest BCUT2D eigenvalue weighted by atomic mass is 10.3. The van der Waals surface area contributed by atoms with E-state index in [1.165, 1.54) is 11.5 Å². The van der Waals surface area contributed by atoms with E-state index in [1.807, 2.05) is 0 Å². The van der Waals surface area contributed by atoms with Gasteiger partial charge in [-0.2, -0.15) is 0 Å². The molecule has 0 unspecified atom stereocenters. The summed E-state index contributed by atoms with van der Waals surface area (Å²) in [5.74, 6) is -1.16. The SMILES string of the molecule is CC(=O)N1CCCN(C(=O)c2cccn2CC(=O)O)CC1. The first kappa shape index (κ1) is 15.1. The van der Waals surface area contributed by atoms with E-state index >= 15 is 0 Å². The van der Waals surface area contributed by atoms with Crippen LogP contribution in [0.1, 0.15) is 23.8 Å². The summed E-state index contributed by atoms with van der Waals surface area (Å²) in [6, 6.07) is 3.29. The predicted molar refractivity (Wildman–Crippen MR) is 74.8 cm³/mol. The molecule has 1 aliphatic rings. The lowest BCUT2D eigenvalue weighted by Gasteiger charge is -2.21. The van der Waals surface area contributed by atoms with Crippen molar-refractivity contribution in [3.63, 3.8) is 0 Å². The number of aliphatic carboxylic acids is 1. The topological polar surface area (TPSA) is 82.9 Å². The van der Waals surface area contributed by atoms with E-state index in [0.29, 0.717) is 31.9 Å². The van der Waals surface area contributed by atoms with Crippen molar-refractivity contribution in [2.24, 2.45) is 0 Å². The van der Waals surface area contributed by atoms with Crippen LogP contribution in [0.15, 0.2) is 18.3 Å². The van der Waals surface area contributed by atoms with Gasteiger partial charge >= 0.3 is 5.97 Å². The van der Waals surface area contributed by atoms with Gasteiger partial charge < -0.3 is 19.5 Å². The van der Waals surface area contributed by atoms with Crippen molar-refractivity contribution in [1.29, 1.82) is 0 Å². The van der Waals surface area contributed by atoms with E-state index in [9.17, 15) is 14.4 Å². The van der Waals surface area contributed by atoms with Crippen LogP contribution in [-0.4, -0.2) is 63.4 Å². The zero-order valence-electron chi connectivity index (χ0n) is 12.0. The Bertz CT molecular complexity index is 552. The van der Waals surface area contributed by atoms with Gasteiger partial charge in [-0.3, -0.25) is 14.4 Å². The molecule has 1 saturated heterocycles. The minimum absolute atomic E-state index is 0.0125. The van der Waals surface area contributed by atoms with Gasteiger partial charge in [-0.05, 0) is 18.6 Å². The minimum atomic E-state index is -0.987. The number of carboxylic acid groups (broad SMARTS) is 1. The summed E-state index contributed by atoms with van der Waals surface area (Å²) in [5, 5.41) is 8.85. The molecule has 0 aliphatic carbocycles. The quantitative estimate of drug-likeness (QED) is 0.867. The second-order valence-corrected chi connectivity index (χ2v) is 5.07. The van der Waals surface area contributed by atoms with Gasteiger partial charge in [0.25, 0.3) is 5.91 Å². The van der Waals surface area contributed by atoms with Crippen molar-refractivity contribution in [2.75, 3.05) is 26.2 Å². The number of hydrogen-bond acceptors (Lipinski definition) is 3. The van der Waals surface area contributed by atoms with Gasteiger partial charge in [-0.1, -0.05) is 0 Å². The normalized spacial score (nSPS) is 15.7. The molecule has 1 aromatic heterocycles. The Balaban J connectivity index is 2.08. The molecule has 7 nitrogen and oxygen atoms in total. The molecule has 1 aliphatic heterocycles. The third-order valence-corrected chi connectivity index (χ3v) is 3.58. The van der Waals surface area contributed by atoms with E-state index in [-0.39, 0.29) is 18.4 Å². The number of aromatic nitrogens is 1. The van der Waals surface area contributed by atoms with Crippen molar-refractivity contribution < 1.29 is 19.5 Å². The highest BCUT2D eigenvalue weighted by Crippen LogP contribution is 2.11. The Morgan fingerprint density at radius 3 is 2.48 bits per heavy atom. The zero-order valence-corrected chi connectivity index (χ0v) is 12.0. The molecule has 0 saturated carbocycles. The molecule has 2 heterocycles. The fourth-order valence-corrected chi connectivity index (χ4v) is 2.49. The summed E-state index contributed by atoms with van der Waals surface area (Å²) >= 11 is 0. The predicted octanol–water partition coefficient (Wildman–Crippen LogP) is 0.267. The molecule has 0 bridgehead atoms. The maximum absolute atomic E-state index is 12.5. The zero-order chi connectivity index (χ0) is 15.4. The molecular weight excluding hydrogens is 274 g/mol. The van der Waals surface area contributed by atoms with E-state index in [0.717, 1.165) is 6.42 Å². The minimum Gasteiger partial charge on any atom is -0.480 e. The van der Waals surface area contributed by atoms with Crippen LogP contribution in [0.2, 0.25) is 0 Å². The average Bonchev–Trinajstić information content (AvgIpc) is 2.72. The first-order valence-electron chi connectivity index (χ1n) is 6.91. The molecule has 2 rings (SSSR count). The molecule has 0 spiro atoms. The number of hydrogen-bond donors (Lipinski definition) is 1. The van der Waals surface area contributed by atoms with Crippen LogP contribution in [-0.2, 0) is 16.1 Å². The Hall–Kier alpha value is -2.31. The highest BCUT2D eigenvalue weighted by Gasteiger charge is 2.23. The van der Waals surface area contributed by atoms with E-state index in [2.05, 4.69) is 0 Å². The average molecular weight is 293 g/mol. The molecule has 0 radical (unpaired) electrons. The number of amides is 2. The van der Waals surface area contributed by atoms with Crippen LogP contribution in [0.25, 0.3) is 0 Å². The first-order chi connectivity index (χ1) is 9.99. The third kappa shape index (κ3) is 3.62. The van der Waals surface area contributed by atoms with Gasteiger partial charge in [0.1, 0.15) is 12.2 Å². The van der Waals surface area contributed by atoms with Crippen LogP contribution >= 0.6 is 0 Å². The molecule has 1 fully saturated rings. The molecule has 1 N–H and O–H groups in total. The van der Waals surface area contributed by atoms with Crippen molar-refractivity contribution in [3.05, 3.63) is 24.0 Å². The standard InChI is InChI=1S/C14H19N3O4/c1-11(18)15-6-3-7-16(9-8-15)14(21)12-4-2-5-17(12)10-13(19)20/h2,4-5H,3,6-10H2,1H3,(H,19,20). The maximum atomic E-state index is 12.5. The Morgan fingerprint density at radius 1 is 1.14 bits per heavy atom. The van der Waals surface area contributed by atoms with Crippen LogP contribution in [0, 0.1) is 0 Å².